The lowest BCUT2D eigenvalue weighted by atomic mass is 9.99. The Kier molecular flexibility index (Phi) is 7.33. The number of carbonyl (C=O) groups is 1. The van der Waals surface area contributed by atoms with Crippen LogP contribution in [0.25, 0.3) is 0 Å². The average molecular weight is 255 g/mol. The summed E-state index contributed by atoms with van der Waals surface area (Å²) in [5.41, 5.74) is 0. The molecule has 1 aliphatic heterocycles. The summed E-state index contributed by atoms with van der Waals surface area (Å²) in [5.74, 6) is -0.453. The third-order valence-corrected chi connectivity index (χ3v) is 4.08. The van der Waals surface area contributed by atoms with E-state index in [1.807, 2.05) is 0 Å². The van der Waals surface area contributed by atoms with Crippen LogP contribution in [0.1, 0.15) is 58.8 Å². The summed E-state index contributed by atoms with van der Waals surface area (Å²) < 4.78 is 0. The quantitative estimate of drug-likeness (QED) is 0.642. The third kappa shape index (κ3) is 5.38. The molecular formula is C15H29NO2. The number of carboxylic acids is 1. The summed E-state index contributed by atoms with van der Waals surface area (Å²) in [6, 6.07) is 0. The van der Waals surface area contributed by atoms with Crippen molar-refractivity contribution in [2.75, 3.05) is 19.6 Å². The van der Waals surface area contributed by atoms with E-state index in [9.17, 15) is 4.79 Å². The molecule has 0 aromatic carbocycles. The van der Waals surface area contributed by atoms with E-state index < -0.39 is 5.97 Å². The van der Waals surface area contributed by atoms with Crippen molar-refractivity contribution in [1.82, 2.24) is 4.90 Å². The van der Waals surface area contributed by atoms with Crippen LogP contribution in [-0.4, -0.2) is 35.6 Å². The minimum Gasteiger partial charge on any atom is -0.481 e. The molecule has 1 N–H and O–H groups in total. The highest BCUT2D eigenvalue weighted by Gasteiger charge is 2.33. The summed E-state index contributed by atoms with van der Waals surface area (Å²) in [4.78, 5) is 13.3. The van der Waals surface area contributed by atoms with Gasteiger partial charge < -0.3 is 10.0 Å². The molecule has 3 nitrogen and oxygen atoms in total. The topological polar surface area (TPSA) is 40.5 Å². The number of carboxylic acid groups (broad SMARTS) is 1. The lowest BCUT2D eigenvalue weighted by Gasteiger charge is -2.14. The van der Waals surface area contributed by atoms with Crippen molar-refractivity contribution in [3.63, 3.8) is 0 Å². The van der Waals surface area contributed by atoms with Gasteiger partial charge in [-0.15, -0.1) is 0 Å². The molecular weight excluding hydrogens is 226 g/mol. The molecule has 0 amide bonds. The Morgan fingerprint density at radius 2 is 1.72 bits per heavy atom. The maximum Gasteiger partial charge on any atom is 0.308 e. The molecule has 2 unspecified atom stereocenters. The molecule has 1 rings (SSSR count). The lowest BCUT2D eigenvalue weighted by molar-refractivity contribution is -0.142. The van der Waals surface area contributed by atoms with E-state index in [-0.39, 0.29) is 5.92 Å². The molecule has 0 aromatic heterocycles. The third-order valence-electron chi connectivity index (χ3n) is 4.08. The highest BCUT2D eigenvalue weighted by atomic mass is 16.4. The molecule has 1 fully saturated rings. The molecule has 0 saturated carbocycles. The maximum absolute atomic E-state index is 11.0. The first-order valence-corrected chi connectivity index (χ1v) is 7.60. The van der Waals surface area contributed by atoms with Crippen LogP contribution in [0.3, 0.4) is 0 Å². The fourth-order valence-electron chi connectivity index (χ4n) is 2.86. The number of nitrogens with zero attached hydrogens (tertiary/aromatic N) is 1. The number of likely N-dealkylation sites (tertiary alicyclic amines) is 1. The van der Waals surface area contributed by atoms with Crippen molar-refractivity contribution in [2.24, 2.45) is 11.8 Å². The number of hydrogen-bond acceptors (Lipinski definition) is 2. The van der Waals surface area contributed by atoms with Gasteiger partial charge in [0.25, 0.3) is 0 Å². The summed E-state index contributed by atoms with van der Waals surface area (Å²) in [7, 11) is 0. The Bertz CT molecular complexity index is 243. The van der Waals surface area contributed by atoms with Crippen LogP contribution in [0.15, 0.2) is 0 Å². The largest absolute Gasteiger partial charge is 0.481 e. The second-order valence-corrected chi connectivity index (χ2v) is 5.80. The molecule has 0 bridgehead atoms. The van der Waals surface area contributed by atoms with Crippen LogP contribution in [-0.2, 0) is 4.79 Å². The minimum absolute atomic E-state index is 0.144. The zero-order valence-electron chi connectivity index (χ0n) is 12.0. The molecule has 1 aliphatic rings. The molecule has 1 saturated heterocycles. The molecule has 0 aromatic rings. The van der Waals surface area contributed by atoms with E-state index in [2.05, 4.69) is 18.7 Å². The van der Waals surface area contributed by atoms with E-state index in [1.165, 1.54) is 44.9 Å². The smallest absolute Gasteiger partial charge is 0.308 e. The van der Waals surface area contributed by atoms with Gasteiger partial charge >= 0.3 is 5.97 Å². The van der Waals surface area contributed by atoms with E-state index in [0.29, 0.717) is 5.92 Å². The lowest BCUT2D eigenvalue weighted by Crippen LogP contribution is -2.24. The fraction of sp³-hybridized carbons (Fsp3) is 0.933. The van der Waals surface area contributed by atoms with Crippen LogP contribution in [0.2, 0.25) is 0 Å². The van der Waals surface area contributed by atoms with Crippen LogP contribution in [0.5, 0.6) is 0 Å². The molecule has 0 spiro atoms. The molecule has 0 radical (unpaired) electrons. The second kappa shape index (κ2) is 8.52. The highest BCUT2D eigenvalue weighted by molar-refractivity contribution is 5.71. The van der Waals surface area contributed by atoms with E-state index >= 15 is 0 Å². The van der Waals surface area contributed by atoms with Crippen molar-refractivity contribution in [3.05, 3.63) is 0 Å². The highest BCUT2D eigenvalue weighted by Crippen LogP contribution is 2.23. The van der Waals surface area contributed by atoms with Crippen molar-refractivity contribution in [3.8, 4) is 0 Å². The number of unbranched alkanes of at least 4 members (excludes halogenated alkanes) is 6. The Labute approximate surface area is 112 Å². The zero-order valence-corrected chi connectivity index (χ0v) is 12.0. The van der Waals surface area contributed by atoms with Gasteiger partial charge in [-0.05, 0) is 18.9 Å². The van der Waals surface area contributed by atoms with E-state index in [1.54, 1.807) is 0 Å². The summed E-state index contributed by atoms with van der Waals surface area (Å²) in [6.45, 7) is 7.11. The molecule has 18 heavy (non-hydrogen) atoms. The van der Waals surface area contributed by atoms with E-state index in [4.69, 9.17) is 5.11 Å². The number of rotatable bonds is 9. The first-order chi connectivity index (χ1) is 8.65. The molecule has 2 atom stereocenters. The number of aliphatic carboxylic acids is 1. The van der Waals surface area contributed by atoms with Crippen LogP contribution >= 0.6 is 0 Å². The van der Waals surface area contributed by atoms with E-state index in [0.717, 1.165) is 19.6 Å². The van der Waals surface area contributed by atoms with Gasteiger partial charge in [0, 0.05) is 13.1 Å². The maximum atomic E-state index is 11.0. The zero-order chi connectivity index (χ0) is 13.4. The van der Waals surface area contributed by atoms with Gasteiger partial charge in [0.2, 0.25) is 0 Å². The van der Waals surface area contributed by atoms with Gasteiger partial charge in [-0.25, -0.2) is 0 Å². The van der Waals surface area contributed by atoms with Crippen LogP contribution < -0.4 is 0 Å². The predicted molar refractivity (Wildman–Crippen MR) is 74.7 cm³/mol. The molecule has 106 valence electrons. The van der Waals surface area contributed by atoms with Crippen LogP contribution in [0.4, 0.5) is 0 Å². The molecule has 3 heteroatoms. The Morgan fingerprint density at radius 1 is 1.11 bits per heavy atom. The standard InChI is InChI=1S/C15H29NO2/c1-3-4-5-6-7-8-9-10-16-11-13(2)14(12-16)15(17)18/h13-14H,3-12H2,1-2H3,(H,17,18). The van der Waals surface area contributed by atoms with Gasteiger partial charge in [0.1, 0.15) is 0 Å². The minimum atomic E-state index is -0.621. The van der Waals surface area contributed by atoms with Gasteiger partial charge in [-0.1, -0.05) is 52.4 Å². The van der Waals surface area contributed by atoms with Crippen molar-refractivity contribution in [1.29, 1.82) is 0 Å². The van der Waals surface area contributed by atoms with Crippen LogP contribution in [0, 0.1) is 11.8 Å². The molecule has 0 aliphatic carbocycles. The molecule has 1 heterocycles. The van der Waals surface area contributed by atoms with Gasteiger partial charge in [-0.2, -0.15) is 0 Å². The Morgan fingerprint density at radius 3 is 2.28 bits per heavy atom. The first kappa shape index (κ1) is 15.5. The number of hydrogen-bond donors (Lipinski definition) is 1. The normalized spacial score (nSPS) is 24.6. The summed E-state index contributed by atoms with van der Waals surface area (Å²) >= 11 is 0. The Hall–Kier alpha value is -0.570. The van der Waals surface area contributed by atoms with Crippen molar-refractivity contribution < 1.29 is 9.90 Å². The first-order valence-electron chi connectivity index (χ1n) is 7.60. The SMILES string of the molecule is CCCCCCCCCN1CC(C)C(C(=O)O)C1. The average Bonchev–Trinajstić information content (AvgIpc) is 2.69. The fourth-order valence-corrected chi connectivity index (χ4v) is 2.86. The van der Waals surface area contributed by atoms with Crippen molar-refractivity contribution in [2.45, 2.75) is 58.8 Å². The van der Waals surface area contributed by atoms with Crippen molar-refractivity contribution >= 4 is 5.97 Å². The predicted octanol–water partition coefficient (Wildman–Crippen LogP) is 3.39. The summed E-state index contributed by atoms with van der Waals surface area (Å²) in [5, 5.41) is 9.07. The van der Waals surface area contributed by atoms with Gasteiger partial charge in [0.15, 0.2) is 0 Å². The van der Waals surface area contributed by atoms with Gasteiger partial charge in [-0.3, -0.25) is 4.79 Å². The Balaban J connectivity index is 2.02. The summed E-state index contributed by atoms with van der Waals surface area (Å²) in [6.07, 6.45) is 9.27. The second-order valence-electron chi connectivity index (χ2n) is 5.80. The monoisotopic (exact) mass is 255 g/mol. The van der Waals surface area contributed by atoms with Gasteiger partial charge in [0.05, 0.1) is 5.92 Å².